The monoisotopic (exact) mass is 369 g/mol. The Bertz CT molecular complexity index is 891. The van der Waals surface area contributed by atoms with Crippen LogP contribution in [0.15, 0.2) is 36.4 Å². The van der Waals surface area contributed by atoms with Crippen molar-refractivity contribution in [2.75, 3.05) is 5.73 Å². The van der Waals surface area contributed by atoms with Gasteiger partial charge in [-0.25, -0.2) is 4.98 Å². The summed E-state index contributed by atoms with van der Waals surface area (Å²) in [6.07, 6.45) is -4.01. The van der Waals surface area contributed by atoms with Gasteiger partial charge >= 0.3 is 6.36 Å². The Morgan fingerprint density at radius 3 is 2.52 bits per heavy atom. The van der Waals surface area contributed by atoms with Crippen LogP contribution >= 0.6 is 11.6 Å². The predicted molar refractivity (Wildman–Crippen MR) is 90.8 cm³/mol. The van der Waals surface area contributed by atoms with Crippen LogP contribution in [0, 0.1) is 0 Å². The first kappa shape index (κ1) is 17.4. The van der Waals surface area contributed by atoms with Crippen LogP contribution in [-0.4, -0.2) is 16.3 Å². The molecule has 1 unspecified atom stereocenters. The third-order valence-corrected chi connectivity index (χ3v) is 4.07. The molecule has 0 fully saturated rings. The minimum atomic E-state index is -4.71. The van der Waals surface area contributed by atoms with E-state index in [1.807, 2.05) is 6.92 Å². The molecule has 0 aliphatic heterocycles. The number of aromatic amines is 1. The molecule has 3 N–H and O–H groups in total. The molecule has 132 valence electrons. The Morgan fingerprint density at radius 2 is 1.92 bits per heavy atom. The number of nitrogen functional groups attached to an aromatic ring is 1. The van der Waals surface area contributed by atoms with E-state index >= 15 is 0 Å². The molecule has 2 aromatic carbocycles. The number of nitrogens with zero attached hydrogens (tertiary/aromatic N) is 1. The van der Waals surface area contributed by atoms with E-state index in [1.54, 1.807) is 24.3 Å². The van der Waals surface area contributed by atoms with Gasteiger partial charge in [0.15, 0.2) is 0 Å². The van der Waals surface area contributed by atoms with Crippen molar-refractivity contribution >= 4 is 28.3 Å². The van der Waals surface area contributed by atoms with E-state index in [-0.39, 0.29) is 11.7 Å². The van der Waals surface area contributed by atoms with E-state index in [9.17, 15) is 13.2 Å². The van der Waals surface area contributed by atoms with Gasteiger partial charge in [-0.15, -0.1) is 13.2 Å². The van der Waals surface area contributed by atoms with Crippen LogP contribution in [0.4, 0.5) is 18.9 Å². The van der Waals surface area contributed by atoms with Crippen molar-refractivity contribution in [2.24, 2.45) is 0 Å². The van der Waals surface area contributed by atoms with Gasteiger partial charge < -0.3 is 15.5 Å². The van der Waals surface area contributed by atoms with Gasteiger partial charge in [0.2, 0.25) is 0 Å². The van der Waals surface area contributed by atoms with E-state index in [1.165, 1.54) is 12.1 Å². The van der Waals surface area contributed by atoms with Crippen molar-refractivity contribution in [3.8, 4) is 5.75 Å². The Labute approximate surface area is 146 Å². The van der Waals surface area contributed by atoms with Crippen LogP contribution in [0.3, 0.4) is 0 Å². The molecule has 0 radical (unpaired) electrons. The molecule has 8 heteroatoms. The number of halogens is 4. The number of hydrogen-bond acceptors (Lipinski definition) is 3. The van der Waals surface area contributed by atoms with Crippen molar-refractivity contribution in [1.82, 2.24) is 9.97 Å². The average Bonchev–Trinajstić information content (AvgIpc) is 2.92. The van der Waals surface area contributed by atoms with Gasteiger partial charge in [-0.05, 0) is 36.2 Å². The number of imidazole rings is 1. The van der Waals surface area contributed by atoms with E-state index in [4.69, 9.17) is 17.3 Å². The zero-order valence-corrected chi connectivity index (χ0v) is 13.9. The predicted octanol–water partition coefficient (Wildman–Crippen LogP) is 5.24. The number of ether oxygens (including phenoxy) is 1. The number of nitrogens with two attached hydrogens (primary N) is 1. The number of hydrogen-bond donors (Lipinski definition) is 2. The van der Waals surface area contributed by atoms with Gasteiger partial charge in [0, 0.05) is 10.9 Å². The van der Waals surface area contributed by atoms with Crippen LogP contribution in [0.2, 0.25) is 5.02 Å². The highest BCUT2D eigenvalue weighted by molar-refractivity contribution is 6.31. The van der Waals surface area contributed by atoms with Gasteiger partial charge in [0.05, 0.1) is 11.2 Å². The molecule has 1 aromatic heterocycles. The van der Waals surface area contributed by atoms with Gasteiger partial charge in [0.1, 0.15) is 17.1 Å². The molecule has 1 heterocycles. The average molecular weight is 370 g/mol. The number of fused-ring (bicyclic) bond motifs is 1. The molecule has 1 atom stereocenters. The fraction of sp³-hybridized carbons (Fsp3) is 0.235. The summed E-state index contributed by atoms with van der Waals surface area (Å²) < 4.78 is 40.7. The number of nitrogens with one attached hydrogen (secondary N) is 1. The summed E-state index contributed by atoms with van der Waals surface area (Å²) in [5.74, 6) is 0.299. The summed E-state index contributed by atoms with van der Waals surface area (Å²) in [4.78, 5) is 7.73. The fourth-order valence-corrected chi connectivity index (χ4v) is 3.01. The zero-order valence-electron chi connectivity index (χ0n) is 13.2. The largest absolute Gasteiger partial charge is 0.573 e. The summed E-state index contributed by atoms with van der Waals surface area (Å²) >= 11 is 6.00. The standard InChI is InChI=1S/C17H15ClF3N3O/c1-2-12(9-3-5-11(6-4-9)25-17(19,20)21)16-23-14-8-10(18)7-13(22)15(14)24-16/h3-8,12H,2,22H2,1H3,(H,23,24). The summed E-state index contributed by atoms with van der Waals surface area (Å²) in [5, 5.41) is 0.502. The molecule has 3 aromatic rings. The molecule has 25 heavy (non-hydrogen) atoms. The van der Waals surface area contributed by atoms with Crippen LogP contribution in [0.1, 0.15) is 30.7 Å². The lowest BCUT2D eigenvalue weighted by molar-refractivity contribution is -0.274. The highest BCUT2D eigenvalue weighted by atomic mass is 35.5. The summed E-state index contributed by atoms with van der Waals surface area (Å²) in [5.41, 5.74) is 8.56. The number of H-pyrrole nitrogens is 1. The summed E-state index contributed by atoms with van der Waals surface area (Å²) in [6, 6.07) is 9.13. The molecule has 0 spiro atoms. The highest BCUT2D eigenvalue weighted by Gasteiger charge is 2.31. The van der Waals surface area contributed by atoms with E-state index in [2.05, 4.69) is 14.7 Å². The molecule has 0 aliphatic rings. The lowest BCUT2D eigenvalue weighted by Gasteiger charge is -2.14. The number of aromatic nitrogens is 2. The maximum atomic E-state index is 12.3. The smallest absolute Gasteiger partial charge is 0.406 e. The molecule has 0 saturated heterocycles. The number of anilines is 1. The number of benzene rings is 2. The minimum absolute atomic E-state index is 0.120. The van der Waals surface area contributed by atoms with Gasteiger partial charge in [-0.3, -0.25) is 0 Å². The van der Waals surface area contributed by atoms with Crippen molar-refractivity contribution in [3.05, 3.63) is 52.8 Å². The lowest BCUT2D eigenvalue weighted by Crippen LogP contribution is -2.17. The summed E-state index contributed by atoms with van der Waals surface area (Å²) in [6.45, 7) is 1.97. The highest BCUT2D eigenvalue weighted by Crippen LogP contribution is 2.32. The third-order valence-electron chi connectivity index (χ3n) is 3.85. The SMILES string of the molecule is CCC(c1ccc(OC(F)(F)F)cc1)c1nc2c(N)cc(Cl)cc2[nH]1. The van der Waals surface area contributed by atoms with Gasteiger partial charge in [-0.2, -0.15) is 0 Å². The van der Waals surface area contributed by atoms with Gasteiger partial charge in [0.25, 0.3) is 0 Å². The first-order chi connectivity index (χ1) is 11.8. The molecule has 0 bridgehead atoms. The first-order valence-corrected chi connectivity index (χ1v) is 7.95. The second kappa shape index (κ2) is 6.48. The molecule has 0 aliphatic carbocycles. The minimum Gasteiger partial charge on any atom is -0.406 e. The van der Waals surface area contributed by atoms with E-state index < -0.39 is 6.36 Å². The second-order valence-electron chi connectivity index (χ2n) is 5.59. The fourth-order valence-electron chi connectivity index (χ4n) is 2.78. The summed E-state index contributed by atoms with van der Waals surface area (Å²) in [7, 11) is 0. The Balaban J connectivity index is 1.93. The van der Waals surface area contributed by atoms with Crippen LogP contribution in [-0.2, 0) is 0 Å². The van der Waals surface area contributed by atoms with Gasteiger partial charge in [-0.1, -0.05) is 30.7 Å². The third kappa shape index (κ3) is 3.82. The second-order valence-corrected chi connectivity index (χ2v) is 6.03. The maximum absolute atomic E-state index is 12.3. The van der Waals surface area contributed by atoms with E-state index in [0.29, 0.717) is 28.5 Å². The molecule has 4 nitrogen and oxygen atoms in total. The molecule has 0 amide bonds. The Hall–Kier alpha value is -2.41. The molecule has 0 saturated carbocycles. The molecular formula is C17H15ClF3N3O. The lowest BCUT2D eigenvalue weighted by atomic mass is 9.96. The topological polar surface area (TPSA) is 63.9 Å². The van der Waals surface area contributed by atoms with Crippen molar-refractivity contribution in [2.45, 2.75) is 25.6 Å². The van der Waals surface area contributed by atoms with Crippen molar-refractivity contribution in [3.63, 3.8) is 0 Å². The normalized spacial score (nSPS) is 13.2. The Morgan fingerprint density at radius 1 is 1.24 bits per heavy atom. The number of alkyl halides is 3. The zero-order chi connectivity index (χ0) is 18.2. The van der Waals surface area contributed by atoms with Crippen molar-refractivity contribution < 1.29 is 17.9 Å². The number of rotatable bonds is 4. The van der Waals surface area contributed by atoms with Crippen LogP contribution in [0.25, 0.3) is 11.0 Å². The van der Waals surface area contributed by atoms with E-state index in [0.717, 1.165) is 11.1 Å². The Kier molecular flexibility index (Phi) is 4.51. The molecule has 3 rings (SSSR count). The maximum Gasteiger partial charge on any atom is 0.573 e. The molecular weight excluding hydrogens is 355 g/mol. The quantitative estimate of drug-likeness (QED) is 0.618. The van der Waals surface area contributed by atoms with Crippen molar-refractivity contribution in [1.29, 1.82) is 0 Å². The first-order valence-electron chi connectivity index (χ1n) is 7.57. The van der Waals surface area contributed by atoms with Crippen LogP contribution < -0.4 is 10.5 Å². The van der Waals surface area contributed by atoms with Crippen LogP contribution in [0.5, 0.6) is 5.75 Å².